The third-order valence-electron chi connectivity index (χ3n) is 2.74. The topological polar surface area (TPSA) is 76.5 Å². The monoisotopic (exact) mass is 331 g/mol. The zero-order chi connectivity index (χ0) is 15.7. The molecule has 0 bridgehead atoms. The van der Waals surface area contributed by atoms with Crippen molar-refractivity contribution in [2.45, 2.75) is 50.3 Å². The van der Waals surface area contributed by atoms with Crippen molar-refractivity contribution in [3.8, 4) is 0 Å². The van der Waals surface area contributed by atoms with Gasteiger partial charge in [-0.15, -0.1) is 11.3 Å². The molecule has 0 atom stereocenters. The quantitative estimate of drug-likeness (QED) is 0.403. The van der Waals surface area contributed by atoms with Crippen LogP contribution in [-0.4, -0.2) is 34.4 Å². The summed E-state index contributed by atoms with van der Waals surface area (Å²) in [6.07, 6.45) is 3.37. The number of unbranched alkanes of at least 4 members (excludes halogenated alkanes) is 2. The van der Waals surface area contributed by atoms with Crippen LogP contribution < -0.4 is 0 Å². The van der Waals surface area contributed by atoms with Crippen LogP contribution in [0.25, 0.3) is 0 Å². The van der Waals surface area contributed by atoms with Gasteiger partial charge in [0, 0.05) is 17.1 Å². The molecule has 21 heavy (non-hydrogen) atoms. The normalized spacial score (nSPS) is 10.6. The van der Waals surface area contributed by atoms with Gasteiger partial charge >= 0.3 is 11.9 Å². The first kappa shape index (κ1) is 18.0. The summed E-state index contributed by atoms with van der Waals surface area (Å²) in [7, 11) is 0. The van der Waals surface area contributed by atoms with E-state index >= 15 is 0 Å². The number of aliphatic carboxylic acids is 1. The number of aromatic nitrogens is 1. The number of rotatable bonds is 10. The van der Waals surface area contributed by atoms with E-state index in [0.29, 0.717) is 13.0 Å². The van der Waals surface area contributed by atoms with Crippen LogP contribution in [0.4, 0.5) is 0 Å². The van der Waals surface area contributed by atoms with Crippen molar-refractivity contribution < 1.29 is 19.4 Å². The van der Waals surface area contributed by atoms with Gasteiger partial charge in [-0.1, -0.05) is 18.2 Å². The van der Waals surface area contributed by atoms with E-state index in [1.54, 1.807) is 11.8 Å². The van der Waals surface area contributed by atoms with Gasteiger partial charge in [0.1, 0.15) is 4.34 Å². The van der Waals surface area contributed by atoms with Crippen molar-refractivity contribution in [2.24, 2.45) is 0 Å². The van der Waals surface area contributed by atoms with E-state index in [4.69, 9.17) is 9.84 Å². The van der Waals surface area contributed by atoms with Crippen molar-refractivity contribution in [2.75, 3.05) is 12.4 Å². The van der Waals surface area contributed by atoms with Crippen LogP contribution >= 0.6 is 23.1 Å². The van der Waals surface area contributed by atoms with Crippen LogP contribution in [0.1, 0.15) is 43.2 Å². The first-order chi connectivity index (χ1) is 10.0. The Kier molecular flexibility index (Phi) is 8.37. The van der Waals surface area contributed by atoms with Gasteiger partial charge in [-0.3, -0.25) is 9.59 Å². The molecule has 1 N–H and O–H groups in total. The Morgan fingerprint density at radius 3 is 2.76 bits per heavy atom. The summed E-state index contributed by atoms with van der Waals surface area (Å²) in [4.78, 5) is 27.0. The Balaban J connectivity index is 2.18. The number of hydrogen-bond acceptors (Lipinski definition) is 6. The number of carboxylic acid groups (broad SMARTS) is 1. The molecule has 118 valence electrons. The minimum atomic E-state index is -0.822. The molecule has 1 aromatic heterocycles. The maximum atomic E-state index is 11.1. The number of hydrogen-bond donors (Lipinski definition) is 1. The Hall–Kier alpha value is -1.08. The largest absolute Gasteiger partial charge is 0.481 e. The second kappa shape index (κ2) is 9.78. The van der Waals surface area contributed by atoms with Crippen molar-refractivity contribution in [1.29, 1.82) is 0 Å². The van der Waals surface area contributed by atoms with Gasteiger partial charge < -0.3 is 9.84 Å². The van der Waals surface area contributed by atoms with Crippen LogP contribution in [0, 0.1) is 6.92 Å². The summed E-state index contributed by atoms with van der Waals surface area (Å²) in [6, 6.07) is 0. The summed E-state index contributed by atoms with van der Waals surface area (Å²) in [5.74, 6) is -0.0151. The van der Waals surface area contributed by atoms with Crippen LogP contribution in [0.5, 0.6) is 0 Å². The molecule has 0 saturated heterocycles. The highest BCUT2D eigenvalue weighted by atomic mass is 32.2. The lowest BCUT2D eigenvalue weighted by molar-refractivity contribution is -0.143. The zero-order valence-corrected chi connectivity index (χ0v) is 14.0. The number of esters is 1. The molecular weight excluding hydrogens is 310 g/mol. The van der Waals surface area contributed by atoms with Gasteiger partial charge in [0.05, 0.1) is 18.7 Å². The molecule has 1 heterocycles. The van der Waals surface area contributed by atoms with Gasteiger partial charge in [0.2, 0.25) is 0 Å². The minimum Gasteiger partial charge on any atom is -0.481 e. The average molecular weight is 331 g/mol. The Morgan fingerprint density at radius 2 is 2.10 bits per heavy atom. The van der Waals surface area contributed by atoms with Crippen molar-refractivity contribution in [1.82, 2.24) is 4.98 Å². The van der Waals surface area contributed by atoms with Crippen LogP contribution in [0.3, 0.4) is 0 Å². The number of carbonyl (C=O) groups excluding carboxylic acids is 1. The van der Waals surface area contributed by atoms with Crippen molar-refractivity contribution in [3.05, 3.63) is 10.6 Å². The number of nitrogens with zero attached hydrogens (tertiary/aromatic N) is 1. The van der Waals surface area contributed by atoms with E-state index in [1.807, 2.05) is 13.8 Å². The number of carbonyl (C=O) groups is 2. The number of aryl methyl sites for hydroxylation is 1. The number of ether oxygens (including phenoxy) is 1. The summed E-state index contributed by atoms with van der Waals surface area (Å²) < 4.78 is 5.79. The summed E-state index contributed by atoms with van der Waals surface area (Å²) in [5, 5.41) is 8.79. The molecule has 0 aliphatic carbocycles. The minimum absolute atomic E-state index is 0.0452. The van der Waals surface area contributed by atoms with Gasteiger partial charge in [0.15, 0.2) is 0 Å². The molecule has 0 spiro atoms. The molecule has 1 rings (SSSR count). The lowest BCUT2D eigenvalue weighted by Gasteiger charge is -2.01. The fourth-order valence-corrected chi connectivity index (χ4v) is 4.00. The van der Waals surface area contributed by atoms with E-state index in [0.717, 1.165) is 39.9 Å². The summed E-state index contributed by atoms with van der Waals surface area (Å²) in [6.45, 7) is 4.10. The fourth-order valence-electron chi connectivity index (χ4n) is 1.71. The highest BCUT2D eigenvalue weighted by Crippen LogP contribution is 2.28. The summed E-state index contributed by atoms with van der Waals surface area (Å²) >= 11 is 3.11. The highest BCUT2D eigenvalue weighted by Gasteiger charge is 2.11. The molecule has 7 heteroatoms. The molecule has 0 fully saturated rings. The third kappa shape index (κ3) is 7.47. The first-order valence-corrected chi connectivity index (χ1v) is 8.79. The fraction of sp³-hybridized carbons (Fsp3) is 0.643. The maximum Gasteiger partial charge on any atom is 0.308 e. The van der Waals surface area contributed by atoms with Gasteiger partial charge in [-0.2, -0.15) is 0 Å². The highest BCUT2D eigenvalue weighted by molar-refractivity contribution is 8.01. The smallest absolute Gasteiger partial charge is 0.308 e. The van der Waals surface area contributed by atoms with Crippen LogP contribution in [-0.2, 0) is 20.7 Å². The third-order valence-corrected chi connectivity index (χ3v) is 5.13. The average Bonchev–Trinajstić information content (AvgIpc) is 2.74. The molecule has 0 radical (unpaired) electrons. The molecular formula is C14H21NO4S2. The second-order valence-corrected chi connectivity index (χ2v) is 6.95. The molecule has 0 aliphatic rings. The summed E-state index contributed by atoms with van der Waals surface area (Å²) in [5.41, 5.74) is 0.812. The van der Waals surface area contributed by atoms with Crippen molar-refractivity contribution in [3.63, 3.8) is 0 Å². The molecule has 0 unspecified atom stereocenters. The van der Waals surface area contributed by atoms with Crippen LogP contribution in [0.15, 0.2) is 4.34 Å². The molecule has 5 nitrogen and oxygen atoms in total. The van der Waals surface area contributed by atoms with Gasteiger partial charge in [0.25, 0.3) is 0 Å². The molecule has 1 aromatic rings. The van der Waals surface area contributed by atoms with E-state index in [9.17, 15) is 9.59 Å². The maximum absolute atomic E-state index is 11.1. The molecule has 0 aromatic carbocycles. The lowest BCUT2D eigenvalue weighted by atomic mass is 10.2. The lowest BCUT2D eigenvalue weighted by Crippen LogP contribution is -2.03. The van der Waals surface area contributed by atoms with Crippen molar-refractivity contribution >= 4 is 35.0 Å². The van der Waals surface area contributed by atoms with E-state index in [1.165, 1.54) is 11.3 Å². The Labute approximate surface area is 133 Å². The molecule has 0 aliphatic heterocycles. The number of thiazole rings is 1. The standard InChI is InChI=1S/C14H21NO4S2/c1-3-19-13(18)7-5-4-6-8-20-14-15-10(2)11(21-14)9-12(16)17/h3-9H2,1-2H3,(H,16,17). The van der Waals surface area contributed by atoms with Gasteiger partial charge in [-0.05, 0) is 26.7 Å². The zero-order valence-electron chi connectivity index (χ0n) is 12.4. The number of thioether (sulfide) groups is 1. The SMILES string of the molecule is CCOC(=O)CCCCCSc1nc(C)c(CC(=O)O)s1. The number of carboxylic acids is 1. The molecule has 0 saturated carbocycles. The predicted molar refractivity (Wildman–Crippen MR) is 84.0 cm³/mol. The van der Waals surface area contributed by atoms with E-state index < -0.39 is 5.97 Å². The Bertz CT molecular complexity index is 474. The van der Waals surface area contributed by atoms with Crippen LogP contribution in [0.2, 0.25) is 0 Å². The second-order valence-electron chi connectivity index (χ2n) is 4.52. The van der Waals surface area contributed by atoms with E-state index in [-0.39, 0.29) is 12.4 Å². The van der Waals surface area contributed by atoms with E-state index in [2.05, 4.69) is 4.98 Å². The predicted octanol–water partition coefficient (Wildman–Crippen LogP) is 3.29. The molecule has 0 amide bonds. The Morgan fingerprint density at radius 1 is 1.33 bits per heavy atom. The first-order valence-electron chi connectivity index (χ1n) is 6.99. The van der Waals surface area contributed by atoms with Gasteiger partial charge in [-0.25, -0.2) is 4.98 Å².